The SMILES string of the molecule is Cc1nc2ccccn2c1C(=O)N1CCN(c2cc(C(F)(F)F)ncn2)CC1. The molecule has 0 unspecified atom stereocenters. The first kappa shape index (κ1) is 18.2. The van der Waals surface area contributed by atoms with Crippen LogP contribution in [0, 0.1) is 6.92 Å². The summed E-state index contributed by atoms with van der Waals surface area (Å²) >= 11 is 0. The van der Waals surface area contributed by atoms with Crippen LogP contribution in [-0.2, 0) is 6.18 Å². The number of alkyl halides is 3. The van der Waals surface area contributed by atoms with Gasteiger partial charge in [0.25, 0.3) is 5.91 Å². The second-order valence-electron chi connectivity index (χ2n) is 6.51. The van der Waals surface area contributed by atoms with Crippen molar-refractivity contribution in [1.82, 2.24) is 24.3 Å². The molecular weight excluding hydrogens is 373 g/mol. The molecule has 1 aliphatic heterocycles. The molecule has 10 heteroatoms. The van der Waals surface area contributed by atoms with Crippen molar-refractivity contribution in [2.24, 2.45) is 0 Å². The number of piperazine rings is 1. The number of rotatable bonds is 2. The zero-order valence-corrected chi connectivity index (χ0v) is 15.0. The predicted molar refractivity (Wildman–Crippen MR) is 95.1 cm³/mol. The van der Waals surface area contributed by atoms with Crippen LogP contribution in [0.25, 0.3) is 5.65 Å². The minimum Gasteiger partial charge on any atom is -0.353 e. The molecule has 0 atom stereocenters. The Morgan fingerprint density at radius 1 is 1.11 bits per heavy atom. The lowest BCUT2D eigenvalue weighted by molar-refractivity contribution is -0.141. The van der Waals surface area contributed by atoms with E-state index in [0.29, 0.717) is 43.2 Å². The smallest absolute Gasteiger partial charge is 0.353 e. The van der Waals surface area contributed by atoms with Gasteiger partial charge >= 0.3 is 6.18 Å². The van der Waals surface area contributed by atoms with E-state index in [0.717, 1.165) is 12.4 Å². The number of hydrogen-bond donors (Lipinski definition) is 0. The molecule has 1 aliphatic rings. The van der Waals surface area contributed by atoms with Crippen molar-refractivity contribution in [3.8, 4) is 0 Å². The molecule has 0 spiro atoms. The molecule has 28 heavy (non-hydrogen) atoms. The zero-order chi connectivity index (χ0) is 19.9. The molecule has 1 amide bonds. The molecule has 3 aromatic rings. The molecule has 1 saturated heterocycles. The number of amides is 1. The van der Waals surface area contributed by atoms with Gasteiger partial charge in [0.15, 0.2) is 0 Å². The number of carbonyl (C=O) groups excluding carboxylic acids is 1. The van der Waals surface area contributed by atoms with E-state index < -0.39 is 11.9 Å². The summed E-state index contributed by atoms with van der Waals surface area (Å²) in [6.07, 6.45) is -1.81. The van der Waals surface area contributed by atoms with Gasteiger partial charge in [-0.2, -0.15) is 13.2 Å². The molecule has 3 aromatic heterocycles. The molecule has 4 heterocycles. The second kappa shape index (κ2) is 6.77. The fourth-order valence-electron chi connectivity index (χ4n) is 3.33. The van der Waals surface area contributed by atoms with E-state index in [1.807, 2.05) is 18.2 Å². The summed E-state index contributed by atoms with van der Waals surface area (Å²) < 4.78 is 40.3. The fraction of sp³-hybridized carbons (Fsp3) is 0.333. The van der Waals surface area contributed by atoms with Crippen molar-refractivity contribution in [3.63, 3.8) is 0 Å². The highest BCUT2D eigenvalue weighted by molar-refractivity contribution is 5.94. The van der Waals surface area contributed by atoms with Crippen molar-refractivity contribution in [3.05, 3.63) is 53.9 Å². The molecule has 0 N–H and O–H groups in total. The first-order valence-corrected chi connectivity index (χ1v) is 8.72. The van der Waals surface area contributed by atoms with E-state index in [2.05, 4.69) is 15.0 Å². The Kier molecular flexibility index (Phi) is 4.40. The van der Waals surface area contributed by atoms with E-state index in [4.69, 9.17) is 0 Å². The number of carbonyl (C=O) groups is 1. The van der Waals surface area contributed by atoms with Crippen LogP contribution in [0.5, 0.6) is 0 Å². The quantitative estimate of drug-likeness (QED) is 0.672. The fourth-order valence-corrected chi connectivity index (χ4v) is 3.33. The normalized spacial score (nSPS) is 15.3. The Morgan fingerprint density at radius 2 is 1.86 bits per heavy atom. The maximum Gasteiger partial charge on any atom is 0.433 e. The van der Waals surface area contributed by atoms with Crippen LogP contribution in [0.15, 0.2) is 36.8 Å². The number of imidazole rings is 1. The number of hydrogen-bond acceptors (Lipinski definition) is 5. The van der Waals surface area contributed by atoms with Crippen LogP contribution in [-0.4, -0.2) is 56.3 Å². The summed E-state index contributed by atoms with van der Waals surface area (Å²) in [6, 6.07) is 6.45. The van der Waals surface area contributed by atoms with Crippen LogP contribution >= 0.6 is 0 Å². The molecule has 0 aromatic carbocycles. The van der Waals surface area contributed by atoms with Crippen LogP contribution < -0.4 is 4.90 Å². The van der Waals surface area contributed by atoms with E-state index >= 15 is 0 Å². The Bertz CT molecular complexity index is 1020. The summed E-state index contributed by atoms with van der Waals surface area (Å²) in [5.74, 6) is 0.0647. The zero-order valence-electron chi connectivity index (χ0n) is 15.0. The summed E-state index contributed by atoms with van der Waals surface area (Å²) in [6.45, 7) is 3.31. The maximum atomic E-state index is 13.0. The van der Waals surface area contributed by atoms with E-state index in [1.165, 1.54) is 0 Å². The lowest BCUT2D eigenvalue weighted by Gasteiger charge is -2.35. The van der Waals surface area contributed by atoms with Crippen LogP contribution in [0.4, 0.5) is 19.0 Å². The number of aryl methyl sites for hydroxylation is 1. The van der Waals surface area contributed by atoms with Crippen molar-refractivity contribution >= 4 is 17.4 Å². The number of nitrogens with zero attached hydrogens (tertiary/aromatic N) is 6. The lowest BCUT2D eigenvalue weighted by Crippen LogP contribution is -2.49. The monoisotopic (exact) mass is 390 g/mol. The predicted octanol–water partition coefficient (Wildman–Crippen LogP) is 2.41. The van der Waals surface area contributed by atoms with Gasteiger partial charge in [-0.15, -0.1) is 0 Å². The van der Waals surface area contributed by atoms with Gasteiger partial charge in [-0.05, 0) is 19.1 Å². The molecule has 7 nitrogen and oxygen atoms in total. The number of anilines is 1. The van der Waals surface area contributed by atoms with Gasteiger partial charge in [-0.25, -0.2) is 15.0 Å². The summed E-state index contributed by atoms with van der Waals surface area (Å²) in [7, 11) is 0. The highest BCUT2D eigenvalue weighted by Gasteiger charge is 2.34. The van der Waals surface area contributed by atoms with Crippen LogP contribution in [0.1, 0.15) is 21.9 Å². The number of fused-ring (bicyclic) bond motifs is 1. The number of aromatic nitrogens is 4. The minimum atomic E-state index is -4.52. The van der Waals surface area contributed by atoms with E-state index in [9.17, 15) is 18.0 Å². The van der Waals surface area contributed by atoms with Crippen molar-refractivity contribution in [2.75, 3.05) is 31.1 Å². The van der Waals surface area contributed by atoms with Crippen molar-refractivity contribution < 1.29 is 18.0 Å². The van der Waals surface area contributed by atoms with E-state index in [-0.39, 0.29) is 11.7 Å². The first-order valence-electron chi connectivity index (χ1n) is 8.72. The average Bonchev–Trinajstić information content (AvgIpc) is 3.03. The van der Waals surface area contributed by atoms with Crippen LogP contribution in [0.2, 0.25) is 0 Å². The molecule has 0 radical (unpaired) electrons. The van der Waals surface area contributed by atoms with E-state index in [1.54, 1.807) is 27.3 Å². The Balaban J connectivity index is 1.50. The number of pyridine rings is 1. The summed E-state index contributed by atoms with van der Waals surface area (Å²) in [5.41, 5.74) is 0.870. The molecule has 146 valence electrons. The summed E-state index contributed by atoms with van der Waals surface area (Å²) in [4.78, 5) is 28.0. The first-order chi connectivity index (χ1) is 13.3. The van der Waals surface area contributed by atoms with Gasteiger partial charge in [-0.1, -0.05) is 6.07 Å². The highest BCUT2D eigenvalue weighted by atomic mass is 19.4. The molecular formula is C18H17F3N6O. The highest BCUT2D eigenvalue weighted by Crippen LogP contribution is 2.29. The minimum absolute atomic E-state index is 0.144. The van der Waals surface area contributed by atoms with Gasteiger partial charge in [-0.3, -0.25) is 9.20 Å². The Labute approximate surface area is 158 Å². The molecule has 0 aliphatic carbocycles. The molecule has 0 saturated carbocycles. The van der Waals surface area contributed by atoms with Crippen molar-refractivity contribution in [2.45, 2.75) is 13.1 Å². The molecule has 4 rings (SSSR count). The lowest BCUT2D eigenvalue weighted by atomic mass is 10.2. The van der Waals surface area contributed by atoms with Gasteiger partial charge in [0.05, 0.1) is 5.69 Å². The van der Waals surface area contributed by atoms with Gasteiger partial charge in [0, 0.05) is 38.4 Å². The topological polar surface area (TPSA) is 66.6 Å². The molecule has 0 bridgehead atoms. The van der Waals surface area contributed by atoms with Crippen LogP contribution in [0.3, 0.4) is 0 Å². The molecule has 1 fully saturated rings. The largest absolute Gasteiger partial charge is 0.433 e. The third kappa shape index (κ3) is 3.25. The third-order valence-electron chi connectivity index (χ3n) is 4.74. The Hall–Kier alpha value is -3.17. The van der Waals surface area contributed by atoms with Gasteiger partial charge in [0.1, 0.15) is 29.2 Å². The third-order valence-corrected chi connectivity index (χ3v) is 4.74. The van der Waals surface area contributed by atoms with Crippen molar-refractivity contribution in [1.29, 1.82) is 0 Å². The Morgan fingerprint density at radius 3 is 2.57 bits per heavy atom. The second-order valence-corrected chi connectivity index (χ2v) is 6.51. The van der Waals surface area contributed by atoms with Gasteiger partial charge < -0.3 is 9.80 Å². The maximum absolute atomic E-state index is 13.0. The number of halogens is 3. The van der Waals surface area contributed by atoms with Gasteiger partial charge in [0.2, 0.25) is 0 Å². The summed E-state index contributed by atoms with van der Waals surface area (Å²) in [5, 5.41) is 0. The standard InChI is InChI=1S/C18H17F3N6O/c1-12-16(27-5-3-2-4-14(27)24-12)17(28)26-8-6-25(7-9-26)15-10-13(18(19,20)21)22-11-23-15/h2-5,10-11H,6-9H2,1H3. The average molecular weight is 390 g/mol.